The van der Waals surface area contributed by atoms with Gasteiger partial charge in [0.2, 0.25) is 0 Å². The summed E-state index contributed by atoms with van der Waals surface area (Å²) in [6.45, 7) is 2.57. The Morgan fingerprint density at radius 1 is 1.04 bits per heavy atom. The van der Waals surface area contributed by atoms with E-state index in [2.05, 4.69) is 6.92 Å². The SMILES string of the molecule is CCCCCCOC(=O)C1CCCCC1C(=O)Oc1ccccc1Cl. The van der Waals surface area contributed by atoms with Crippen molar-refractivity contribution in [3.05, 3.63) is 29.3 Å². The minimum Gasteiger partial charge on any atom is -0.465 e. The first kappa shape index (κ1) is 19.8. The van der Waals surface area contributed by atoms with Gasteiger partial charge < -0.3 is 9.47 Å². The van der Waals surface area contributed by atoms with Crippen molar-refractivity contribution < 1.29 is 19.1 Å². The third-order valence-corrected chi connectivity index (χ3v) is 4.97. The van der Waals surface area contributed by atoms with Gasteiger partial charge in [-0.3, -0.25) is 9.59 Å². The predicted molar refractivity (Wildman–Crippen MR) is 97.6 cm³/mol. The number of halogens is 1. The average molecular weight is 367 g/mol. The minimum atomic E-state index is -0.451. The van der Waals surface area contributed by atoms with Crippen molar-refractivity contribution in [1.29, 1.82) is 0 Å². The highest BCUT2D eigenvalue weighted by molar-refractivity contribution is 6.32. The first-order valence-electron chi connectivity index (χ1n) is 9.26. The van der Waals surface area contributed by atoms with Crippen molar-refractivity contribution >= 4 is 23.5 Å². The van der Waals surface area contributed by atoms with Crippen LogP contribution in [0.3, 0.4) is 0 Å². The van der Waals surface area contributed by atoms with E-state index in [9.17, 15) is 9.59 Å². The number of carbonyl (C=O) groups excluding carboxylic acids is 2. The van der Waals surface area contributed by atoms with Gasteiger partial charge in [0, 0.05) is 0 Å². The summed E-state index contributed by atoms with van der Waals surface area (Å²) in [6.07, 6.45) is 7.41. The van der Waals surface area contributed by atoms with Crippen LogP contribution in [0.5, 0.6) is 5.75 Å². The highest BCUT2D eigenvalue weighted by Crippen LogP contribution is 2.33. The van der Waals surface area contributed by atoms with Crippen molar-refractivity contribution in [2.75, 3.05) is 6.61 Å². The van der Waals surface area contributed by atoms with Gasteiger partial charge in [0.05, 0.1) is 23.5 Å². The van der Waals surface area contributed by atoms with Gasteiger partial charge in [-0.2, -0.15) is 0 Å². The van der Waals surface area contributed by atoms with E-state index < -0.39 is 11.8 Å². The summed E-state index contributed by atoms with van der Waals surface area (Å²) in [6, 6.07) is 6.87. The molecule has 2 unspecified atom stereocenters. The molecule has 0 saturated heterocycles. The second-order valence-electron chi connectivity index (χ2n) is 6.58. The lowest BCUT2D eigenvalue weighted by Crippen LogP contribution is -2.36. The molecule has 4 nitrogen and oxygen atoms in total. The maximum absolute atomic E-state index is 12.6. The molecule has 0 heterocycles. The van der Waals surface area contributed by atoms with Gasteiger partial charge in [-0.15, -0.1) is 0 Å². The van der Waals surface area contributed by atoms with Gasteiger partial charge in [0.1, 0.15) is 5.75 Å². The standard InChI is InChI=1S/C20H27ClO4/c1-2-3-4-9-14-24-19(22)15-10-5-6-11-16(15)20(23)25-18-13-8-7-12-17(18)21/h7-8,12-13,15-16H,2-6,9-11,14H2,1H3. The Hall–Kier alpha value is -1.55. The second kappa shape index (κ2) is 10.4. The molecule has 2 rings (SSSR count). The first-order valence-corrected chi connectivity index (χ1v) is 9.64. The molecule has 0 bridgehead atoms. The van der Waals surface area contributed by atoms with Crippen molar-refractivity contribution in [2.45, 2.75) is 58.3 Å². The second-order valence-corrected chi connectivity index (χ2v) is 6.98. The number of hydrogen-bond donors (Lipinski definition) is 0. The summed E-state index contributed by atoms with van der Waals surface area (Å²) in [5, 5.41) is 0.390. The Kier molecular flexibility index (Phi) is 8.26. The fourth-order valence-electron chi connectivity index (χ4n) is 3.22. The number of benzene rings is 1. The van der Waals surface area contributed by atoms with E-state index in [4.69, 9.17) is 21.1 Å². The largest absolute Gasteiger partial charge is 0.465 e. The number of unbranched alkanes of at least 4 members (excludes halogenated alkanes) is 3. The number of ether oxygens (including phenoxy) is 2. The smallest absolute Gasteiger partial charge is 0.315 e. The molecule has 1 fully saturated rings. The van der Waals surface area contributed by atoms with Gasteiger partial charge in [0.25, 0.3) is 0 Å². The van der Waals surface area contributed by atoms with Crippen LogP contribution in [0.1, 0.15) is 58.3 Å². The lowest BCUT2D eigenvalue weighted by Gasteiger charge is -2.28. The number of hydrogen-bond acceptors (Lipinski definition) is 4. The van der Waals surface area contributed by atoms with Crippen LogP contribution in [0.2, 0.25) is 5.02 Å². The molecule has 2 atom stereocenters. The Bertz CT molecular complexity index is 573. The Morgan fingerprint density at radius 2 is 1.72 bits per heavy atom. The molecule has 0 spiro atoms. The molecular weight excluding hydrogens is 340 g/mol. The summed E-state index contributed by atoms with van der Waals surface area (Å²) in [5.74, 6) is -1.17. The Balaban J connectivity index is 1.91. The fraction of sp³-hybridized carbons (Fsp3) is 0.600. The third kappa shape index (κ3) is 6.03. The van der Waals surface area contributed by atoms with E-state index >= 15 is 0 Å². The molecule has 138 valence electrons. The topological polar surface area (TPSA) is 52.6 Å². The van der Waals surface area contributed by atoms with E-state index in [0.717, 1.165) is 38.5 Å². The van der Waals surface area contributed by atoms with Gasteiger partial charge >= 0.3 is 11.9 Å². The maximum atomic E-state index is 12.6. The van der Waals surface area contributed by atoms with Crippen LogP contribution in [0.25, 0.3) is 0 Å². The van der Waals surface area contributed by atoms with E-state index in [-0.39, 0.29) is 11.9 Å². The Morgan fingerprint density at radius 3 is 2.40 bits per heavy atom. The summed E-state index contributed by atoms with van der Waals surface area (Å²) < 4.78 is 10.9. The molecule has 0 amide bonds. The van der Waals surface area contributed by atoms with Crippen molar-refractivity contribution in [3.63, 3.8) is 0 Å². The van der Waals surface area contributed by atoms with Crippen molar-refractivity contribution in [2.24, 2.45) is 11.8 Å². The molecule has 0 aliphatic heterocycles. The minimum absolute atomic E-state index is 0.266. The fourth-order valence-corrected chi connectivity index (χ4v) is 3.39. The molecule has 1 aromatic rings. The first-order chi connectivity index (χ1) is 12.1. The third-order valence-electron chi connectivity index (χ3n) is 4.66. The maximum Gasteiger partial charge on any atom is 0.315 e. The summed E-state index contributed by atoms with van der Waals surface area (Å²) in [4.78, 5) is 25.0. The van der Waals surface area contributed by atoms with Gasteiger partial charge in [-0.25, -0.2) is 0 Å². The molecule has 5 heteroatoms. The van der Waals surface area contributed by atoms with E-state index in [1.54, 1.807) is 24.3 Å². The number of esters is 2. The van der Waals surface area contributed by atoms with Crippen LogP contribution < -0.4 is 4.74 Å². The van der Waals surface area contributed by atoms with E-state index in [1.807, 2.05) is 0 Å². The van der Waals surface area contributed by atoms with Gasteiger partial charge in [0.15, 0.2) is 0 Å². The van der Waals surface area contributed by atoms with E-state index in [0.29, 0.717) is 30.2 Å². The van der Waals surface area contributed by atoms with E-state index in [1.165, 1.54) is 0 Å². The molecule has 1 saturated carbocycles. The monoisotopic (exact) mass is 366 g/mol. The van der Waals surface area contributed by atoms with Crippen molar-refractivity contribution in [1.82, 2.24) is 0 Å². The van der Waals surface area contributed by atoms with Gasteiger partial charge in [-0.1, -0.05) is 62.8 Å². The molecule has 0 radical (unpaired) electrons. The lowest BCUT2D eigenvalue weighted by atomic mass is 9.79. The molecule has 25 heavy (non-hydrogen) atoms. The lowest BCUT2D eigenvalue weighted by molar-refractivity contribution is -0.158. The molecule has 0 aromatic heterocycles. The molecular formula is C20H27ClO4. The van der Waals surface area contributed by atoms with Crippen molar-refractivity contribution in [3.8, 4) is 5.75 Å². The zero-order chi connectivity index (χ0) is 18.1. The Labute approximate surface area is 154 Å². The van der Waals surface area contributed by atoms with Crippen LogP contribution >= 0.6 is 11.6 Å². The van der Waals surface area contributed by atoms with Crippen LogP contribution in [-0.4, -0.2) is 18.5 Å². The molecule has 0 N–H and O–H groups in total. The molecule has 1 aliphatic rings. The molecule has 1 aliphatic carbocycles. The zero-order valence-corrected chi connectivity index (χ0v) is 15.6. The average Bonchev–Trinajstić information content (AvgIpc) is 2.63. The highest BCUT2D eigenvalue weighted by Gasteiger charge is 2.38. The number of carbonyl (C=O) groups is 2. The van der Waals surface area contributed by atoms with Gasteiger partial charge in [-0.05, 0) is 31.4 Å². The predicted octanol–water partition coefficient (Wildman–Crippen LogP) is 5.18. The number of para-hydroxylation sites is 1. The summed E-state index contributed by atoms with van der Waals surface area (Å²) in [5.41, 5.74) is 0. The summed E-state index contributed by atoms with van der Waals surface area (Å²) >= 11 is 6.05. The van der Waals surface area contributed by atoms with Crippen LogP contribution in [0.15, 0.2) is 24.3 Å². The van der Waals surface area contributed by atoms with Crippen LogP contribution in [-0.2, 0) is 14.3 Å². The van der Waals surface area contributed by atoms with Crippen LogP contribution in [0.4, 0.5) is 0 Å². The highest BCUT2D eigenvalue weighted by atomic mass is 35.5. The normalized spacial score (nSPS) is 20.1. The number of rotatable bonds is 8. The summed E-state index contributed by atoms with van der Waals surface area (Å²) in [7, 11) is 0. The molecule has 1 aromatic carbocycles. The quantitative estimate of drug-likeness (QED) is 0.361. The zero-order valence-electron chi connectivity index (χ0n) is 14.8. The van der Waals surface area contributed by atoms with Crippen LogP contribution in [0, 0.1) is 11.8 Å².